The molecule has 0 N–H and O–H groups in total. The number of benzene rings is 4. The number of hydrogen-bond donors (Lipinski definition) is 0. The summed E-state index contributed by atoms with van der Waals surface area (Å²) in [6.45, 7) is 0. The smallest absolute Gasteiger partial charge is 0.241 e. The van der Waals surface area contributed by atoms with Crippen molar-refractivity contribution in [2.24, 2.45) is 11.8 Å². The topological polar surface area (TPSA) is 90.0 Å². The Morgan fingerprint density at radius 1 is 0.659 bits per heavy atom. The van der Waals surface area contributed by atoms with Gasteiger partial charge in [-0.3, -0.25) is 19.2 Å². The van der Waals surface area contributed by atoms with Crippen LogP contribution in [0.4, 0.5) is 5.69 Å². The van der Waals surface area contributed by atoms with Crippen LogP contribution in [0, 0.1) is 11.8 Å². The Morgan fingerprint density at radius 3 is 1.73 bits per heavy atom. The number of ketones is 2. The fourth-order valence-electron chi connectivity index (χ4n) is 6.03. The Bertz CT molecular complexity index is 1720. The van der Waals surface area contributed by atoms with Gasteiger partial charge in [-0.25, -0.2) is 4.90 Å². The molecule has 2 saturated heterocycles. The number of imide groups is 1. The number of anilines is 1. The molecule has 41 heavy (non-hydrogen) atoms. The summed E-state index contributed by atoms with van der Waals surface area (Å²) in [6, 6.07) is 27.4. The van der Waals surface area contributed by atoms with Crippen molar-refractivity contribution in [3.8, 4) is 11.5 Å². The highest BCUT2D eigenvalue weighted by atomic mass is 79.9. The van der Waals surface area contributed by atoms with Gasteiger partial charge in [-0.05, 0) is 66.2 Å². The number of carbonyl (C=O) groups is 4. The van der Waals surface area contributed by atoms with E-state index in [-0.39, 0.29) is 11.1 Å². The van der Waals surface area contributed by atoms with Crippen LogP contribution in [-0.2, 0) is 14.3 Å². The van der Waals surface area contributed by atoms with Gasteiger partial charge in [-0.1, -0.05) is 68.3 Å². The van der Waals surface area contributed by atoms with E-state index < -0.39 is 46.9 Å². The van der Waals surface area contributed by atoms with Crippen LogP contribution in [0.3, 0.4) is 0 Å². The molecule has 202 valence electrons. The number of nitrogens with zero attached hydrogens (tertiary/aromatic N) is 1. The molecule has 0 radical (unpaired) electrons. The molecule has 7 rings (SSSR count). The Morgan fingerprint density at radius 2 is 1.17 bits per heavy atom. The van der Waals surface area contributed by atoms with Crippen LogP contribution in [-0.4, -0.2) is 29.0 Å². The number of ether oxygens (including phenoxy) is 2. The first-order chi connectivity index (χ1) is 19.8. The summed E-state index contributed by atoms with van der Waals surface area (Å²) >= 11 is 6.80. The molecule has 2 aliphatic heterocycles. The van der Waals surface area contributed by atoms with Crippen LogP contribution in [0.25, 0.3) is 0 Å². The zero-order valence-electron chi connectivity index (χ0n) is 21.1. The van der Waals surface area contributed by atoms with Crippen molar-refractivity contribution in [3.63, 3.8) is 0 Å². The number of Topliss-reactive ketones (excluding diaryl/α,β-unsaturated/α-hetero) is 2. The van der Waals surface area contributed by atoms with Gasteiger partial charge in [0.1, 0.15) is 11.5 Å². The SMILES string of the molecule is O=C1[C@@H]2[C@@H](c3ccc(Br)cc3)OC3(C(=O)c4ccccc4C3=O)[C@@H]2C(=O)N1c1ccc(Oc2ccc(Br)cc2)cc1. The van der Waals surface area contributed by atoms with Gasteiger partial charge >= 0.3 is 0 Å². The van der Waals surface area contributed by atoms with E-state index in [9.17, 15) is 19.2 Å². The summed E-state index contributed by atoms with van der Waals surface area (Å²) in [5, 5.41) is 0. The maximum absolute atomic E-state index is 14.1. The number of carbonyl (C=O) groups excluding carboxylic acids is 4. The Balaban J connectivity index is 1.28. The minimum atomic E-state index is -2.11. The highest BCUT2D eigenvalue weighted by Crippen LogP contribution is 2.57. The Hall–Kier alpha value is -3.92. The molecule has 2 heterocycles. The fraction of sp³-hybridized carbons (Fsp3) is 0.125. The van der Waals surface area contributed by atoms with E-state index in [4.69, 9.17) is 9.47 Å². The van der Waals surface area contributed by atoms with Gasteiger partial charge in [0, 0.05) is 20.1 Å². The molecule has 3 aliphatic rings. The zero-order chi connectivity index (χ0) is 28.5. The molecular formula is C32H19Br2NO6. The van der Waals surface area contributed by atoms with E-state index in [1.54, 1.807) is 72.8 Å². The van der Waals surface area contributed by atoms with E-state index in [0.717, 1.165) is 13.8 Å². The van der Waals surface area contributed by atoms with Gasteiger partial charge < -0.3 is 9.47 Å². The monoisotopic (exact) mass is 671 g/mol. The lowest BCUT2D eigenvalue weighted by atomic mass is 9.77. The number of amides is 2. The maximum atomic E-state index is 14.1. The lowest BCUT2D eigenvalue weighted by Gasteiger charge is -2.27. The third-order valence-corrected chi connectivity index (χ3v) is 8.92. The highest BCUT2D eigenvalue weighted by Gasteiger charge is 2.74. The maximum Gasteiger partial charge on any atom is 0.241 e. The predicted octanol–water partition coefficient (Wildman–Crippen LogP) is 6.70. The minimum Gasteiger partial charge on any atom is -0.457 e. The molecule has 0 bridgehead atoms. The third-order valence-electron chi connectivity index (χ3n) is 7.86. The predicted molar refractivity (Wildman–Crippen MR) is 156 cm³/mol. The molecule has 2 amide bonds. The molecule has 0 saturated carbocycles. The molecule has 3 atom stereocenters. The molecule has 0 aromatic heterocycles. The van der Waals surface area contributed by atoms with Crippen LogP contribution in [0.15, 0.2) is 106 Å². The molecule has 4 aromatic carbocycles. The second-order valence-corrected chi connectivity index (χ2v) is 11.9. The molecule has 9 heteroatoms. The fourth-order valence-corrected chi connectivity index (χ4v) is 6.56. The van der Waals surface area contributed by atoms with Crippen LogP contribution in [0.5, 0.6) is 11.5 Å². The molecule has 7 nitrogen and oxygen atoms in total. The number of rotatable bonds is 4. The summed E-state index contributed by atoms with van der Waals surface area (Å²) in [6.07, 6.45) is -0.975. The van der Waals surface area contributed by atoms with E-state index in [1.165, 1.54) is 0 Å². The Labute approximate surface area is 251 Å². The molecule has 4 aromatic rings. The third kappa shape index (κ3) is 3.87. The molecule has 1 aliphatic carbocycles. The largest absolute Gasteiger partial charge is 0.457 e. The van der Waals surface area contributed by atoms with Gasteiger partial charge in [0.25, 0.3) is 0 Å². The summed E-state index contributed by atoms with van der Waals surface area (Å²) in [4.78, 5) is 57.0. The van der Waals surface area contributed by atoms with Gasteiger partial charge in [0.2, 0.25) is 29.0 Å². The van der Waals surface area contributed by atoms with Crippen molar-refractivity contribution >= 4 is 60.9 Å². The minimum absolute atomic E-state index is 0.195. The van der Waals surface area contributed by atoms with E-state index in [1.807, 2.05) is 24.3 Å². The van der Waals surface area contributed by atoms with Gasteiger partial charge in [0.05, 0.1) is 23.6 Å². The summed E-state index contributed by atoms with van der Waals surface area (Å²) in [5.74, 6) is -3.58. The van der Waals surface area contributed by atoms with Crippen LogP contribution in [0.2, 0.25) is 0 Å². The summed E-state index contributed by atoms with van der Waals surface area (Å²) < 4.78 is 13.9. The quantitative estimate of drug-likeness (QED) is 0.177. The normalized spacial score (nSPS) is 22.4. The lowest BCUT2D eigenvalue weighted by Crippen LogP contribution is -2.51. The summed E-state index contributed by atoms with van der Waals surface area (Å²) in [5.41, 5.74) is -0.810. The van der Waals surface area contributed by atoms with Crippen molar-refractivity contribution in [1.82, 2.24) is 0 Å². The molecular weight excluding hydrogens is 654 g/mol. The lowest BCUT2D eigenvalue weighted by molar-refractivity contribution is -0.127. The molecule has 1 spiro atoms. The van der Waals surface area contributed by atoms with Crippen molar-refractivity contribution in [3.05, 3.63) is 123 Å². The van der Waals surface area contributed by atoms with Crippen molar-refractivity contribution in [2.75, 3.05) is 4.90 Å². The van der Waals surface area contributed by atoms with E-state index in [0.29, 0.717) is 22.7 Å². The second-order valence-electron chi connectivity index (χ2n) is 10.1. The summed E-state index contributed by atoms with van der Waals surface area (Å²) in [7, 11) is 0. The van der Waals surface area contributed by atoms with Crippen molar-refractivity contribution < 1.29 is 28.7 Å². The van der Waals surface area contributed by atoms with Gasteiger partial charge in [-0.15, -0.1) is 0 Å². The van der Waals surface area contributed by atoms with Crippen molar-refractivity contribution in [1.29, 1.82) is 0 Å². The standard InChI is InChI=1S/C32H19Br2NO6/c33-18-7-5-17(6-8-18)27-25-26(32(41-27)28(36)23-3-1-2-4-24(23)29(32)37)31(39)35(30(25)38)20-11-15-22(16-12-20)40-21-13-9-19(34)10-14-21/h1-16,25-27H/t25-,26-,27+/m0/s1. The van der Waals surface area contributed by atoms with Crippen LogP contribution >= 0.6 is 31.9 Å². The van der Waals surface area contributed by atoms with Crippen LogP contribution < -0.4 is 9.64 Å². The highest BCUT2D eigenvalue weighted by molar-refractivity contribution is 9.10. The number of fused-ring (bicyclic) bond motifs is 3. The molecule has 0 unspecified atom stereocenters. The molecule has 2 fully saturated rings. The zero-order valence-corrected chi connectivity index (χ0v) is 24.3. The second kappa shape index (κ2) is 9.58. The average molecular weight is 673 g/mol. The Kier molecular flexibility index (Phi) is 6.08. The van der Waals surface area contributed by atoms with Gasteiger partial charge in [-0.2, -0.15) is 0 Å². The van der Waals surface area contributed by atoms with E-state index in [2.05, 4.69) is 31.9 Å². The first-order valence-electron chi connectivity index (χ1n) is 12.8. The van der Waals surface area contributed by atoms with Crippen molar-refractivity contribution in [2.45, 2.75) is 11.7 Å². The number of halogens is 2. The first-order valence-corrected chi connectivity index (χ1v) is 14.4. The average Bonchev–Trinajstić information content (AvgIpc) is 3.55. The first kappa shape index (κ1) is 26.0. The van der Waals surface area contributed by atoms with E-state index >= 15 is 0 Å². The van der Waals surface area contributed by atoms with Gasteiger partial charge in [0.15, 0.2) is 0 Å². The van der Waals surface area contributed by atoms with Crippen LogP contribution in [0.1, 0.15) is 32.4 Å². The number of hydrogen-bond acceptors (Lipinski definition) is 6.